The molecule has 1 fully saturated rings. The summed E-state index contributed by atoms with van der Waals surface area (Å²) >= 11 is 0. The van der Waals surface area contributed by atoms with Crippen LogP contribution in [0.4, 0.5) is 4.39 Å². The first-order valence-corrected chi connectivity index (χ1v) is 9.51. The summed E-state index contributed by atoms with van der Waals surface area (Å²) in [6.07, 6.45) is 7.11. The molecule has 1 aromatic carbocycles. The zero-order valence-electron chi connectivity index (χ0n) is 16.1. The molecular formula is C21H30FNO3. The van der Waals surface area contributed by atoms with Gasteiger partial charge in [-0.25, -0.2) is 4.39 Å². The fourth-order valence-electron chi connectivity index (χ4n) is 3.28. The van der Waals surface area contributed by atoms with Crippen molar-refractivity contribution in [3.05, 3.63) is 35.1 Å². The lowest BCUT2D eigenvalue weighted by Gasteiger charge is -2.21. The highest BCUT2D eigenvalue weighted by Crippen LogP contribution is 2.26. The van der Waals surface area contributed by atoms with Gasteiger partial charge >= 0.3 is 5.97 Å². The van der Waals surface area contributed by atoms with E-state index in [0.717, 1.165) is 12.0 Å². The van der Waals surface area contributed by atoms with Crippen LogP contribution in [-0.4, -0.2) is 25.0 Å². The van der Waals surface area contributed by atoms with E-state index < -0.39 is 17.7 Å². The molecule has 144 valence electrons. The second-order valence-electron chi connectivity index (χ2n) is 8.14. The maximum atomic E-state index is 14.2. The lowest BCUT2D eigenvalue weighted by molar-refractivity contribution is -0.142. The van der Waals surface area contributed by atoms with E-state index in [4.69, 9.17) is 4.74 Å². The van der Waals surface area contributed by atoms with Crippen LogP contribution in [0.3, 0.4) is 0 Å². The van der Waals surface area contributed by atoms with Crippen LogP contribution in [0.15, 0.2) is 18.2 Å². The molecule has 2 rings (SSSR count). The van der Waals surface area contributed by atoms with Crippen molar-refractivity contribution in [1.82, 2.24) is 5.32 Å². The maximum absolute atomic E-state index is 14.2. The Hall–Kier alpha value is -1.91. The molecule has 1 saturated carbocycles. The molecule has 4 nitrogen and oxygen atoms in total. The minimum absolute atomic E-state index is 0.0620. The predicted octanol–water partition coefficient (Wildman–Crippen LogP) is 4.37. The molecule has 26 heavy (non-hydrogen) atoms. The van der Waals surface area contributed by atoms with Crippen molar-refractivity contribution < 1.29 is 18.7 Å². The van der Waals surface area contributed by atoms with Crippen LogP contribution in [0.5, 0.6) is 0 Å². The number of hydrogen-bond acceptors (Lipinski definition) is 3. The van der Waals surface area contributed by atoms with Crippen LogP contribution < -0.4 is 5.32 Å². The Morgan fingerprint density at radius 1 is 1.19 bits per heavy atom. The van der Waals surface area contributed by atoms with E-state index in [0.29, 0.717) is 12.5 Å². The molecule has 1 N–H and O–H groups in total. The van der Waals surface area contributed by atoms with Gasteiger partial charge in [-0.05, 0) is 35.4 Å². The van der Waals surface area contributed by atoms with Gasteiger partial charge in [0.25, 0.3) is 5.91 Å². The van der Waals surface area contributed by atoms with E-state index in [1.165, 1.54) is 44.2 Å². The van der Waals surface area contributed by atoms with E-state index in [2.05, 4.69) is 5.32 Å². The summed E-state index contributed by atoms with van der Waals surface area (Å²) in [5, 5.41) is 2.43. The minimum atomic E-state index is -0.604. The van der Waals surface area contributed by atoms with Gasteiger partial charge in [-0.2, -0.15) is 0 Å². The molecule has 1 amide bonds. The second-order valence-corrected chi connectivity index (χ2v) is 8.14. The van der Waals surface area contributed by atoms with Gasteiger partial charge in [0.1, 0.15) is 12.4 Å². The van der Waals surface area contributed by atoms with Crippen LogP contribution in [0.2, 0.25) is 0 Å². The molecule has 0 aliphatic heterocycles. The molecule has 0 atom stereocenters. The quantitative estimate of drug-likeness (QED) is 0.764. The summed E-state index contributed by atoms with van der Waals surface area (Å²) in [7, 11) is 0. The van der Waals surface area contributed by atoms with Gasteiger partial charge in [-0.1, -0.05) is 58.9 Å². The SMILES string of the molecule is CC(C)(C)c1ccc(C(=O)NCC(=O)OCCC2CCCCC2)c(F)c1. The van der Waals surface area contributed by atoms with Crippen LogP contribution in [0.1, 0.15) is 75.2 Å². The Balaban J connectivity index is 1.76. The molecule has 0 spiro atoms. The number of hydrogen-bond donors (Lipinski definition) is 1. The number of benzene rings is 1. The average molecular weight is 363 g/mol. The highest BCUT2D eigenvalue weighted by molar-refractivity contribution is 5.96. The summed E-state index contributed by atoms with van der Waals surface area (Å²) in [5.74, 6) is -1.03. The topological polar surface area (TPSA) is 55.4 Å². The highest BCUT2D eigenvalue weighted by Gasteiger charge is 2.19. The van der Waals surface area contributed by atoms with Crippen LogP contribution >= 0.6 is 0 Å². The van der Waals surface area contributed by atoms with E-state index in [9.17, 15) is 14.0 Å². The molecule has 0 bridgehead atoms. The first-order valence-electron chi connectivity index (χ1n) is 9.51. The number of esters is 1. The normalized spacial score (nSPS) is 15.5. The lowest BCUT2D eigenvalue weighted by Crippen LogP contribution is -2.31. The van der Waals surface area contributed by atoms with Crippen molar-refractivity contribution in [2.45, 2.75) is 64.7 Å². The molecule has 5 heteroatoms. The van der Waals surface area contributed by atoms with E-state index in [1.807, 2.05) is 20.8 Å². The third kappa shape index (κ3) is 6.11. The molecule has 0 unspecified atom stereocenters. The Morgan fingerprint density at radius 3 is 2.50 bits per heavy atom. The standard InChI is InChI=1S/C21H30FNO3/c1-21(2,3)16-9-10-17(18(22)13-16)20(25)23-14-19(24)26-12-11-15-7-5-4-6-8-15/h9-10,13,15H,4-8,11-12,14H2,1-3H3,(H,23,25). The lowest BCUT2D eigenvalue weighted by atomic mass is 9.86. The molecule has 0 radical (unpaired) electrons. The summed E-state index contributed by atoms with van der Waals surface area (Å²) in [5.41, 5.74) is 0.555. The van der Waals surface area contributed by atoms with Gasteiger partial charge in [0.2, 0.25) is 0 Å². The van der Waals surface area contributed by atoms with Crippen molar-refractivity contribution >= 4 is 11.9 Å². The summed E-state index contributed by atoms with van der Waals surface area (Å²) in [4.78, 5) is 23.9. The van der Waals surface area contributed by atoms with Crippen molar-refractivity contribution in [1.29, 1.82) is 0 Å². The Kier molecular flexibility index (Phi) is 7.18. The summed E-state index contributed by atoms with van der Waals surface area (Å²) in [6.45, 7) is 6.07. The monoisotopic (exact) mass is 363 g/mol. The molecule has 1 aliphatic rings. The number of amides is 1. The van der Waals surface area contributed by atoms with E-state index in [-0.39, 0.29) is 17.5 Å². The first-order chi connectivity index (χ1) is 12.3. The third-order valence-corrected chi connectivity index (χ3v) is 4.99. The minimum Gasteiger partial charge on any atom is -0.464 e. The second kappa shape index (κ2) is 9.15. The van der Waals surface area contributed by atoms with E-state index in [1.54, 1.807) is 6.07 Å². The molecular weight excluding hydrogens is 333 g/mol. The van der Waals surface area contributed by atoms with Gasteiger partial charge in [0, 0.05) is 0 Å². The summed E-state index contributed by atoms with van der Waals surface area (Å²) < 4.78 is 19.4. The predicted molar refractivity (Wildman–Crippen MR) is 99.6 cm³/mol. The molecule has 1 aromatic rings. The number of carbonyl (C=O) groups is 2. The smallest absolute Gasteiger partial charge is 0.325 e. The molecule has 0 heterocycles. The van der Waals surface area contributed by atoms with Gasteiger partial charge in [0.05, 0.1) is 12.2 Å². The third-order valence-electron chi connectivity index (χ3n) is 4.99. The fourth-order valence-corrected chi connectivity index (χ4v) is 3.28. The van der Waals surface area contributed by atoms with Crippen molar-refractivity contribution in [2.75, 3.05) is 13.2 Å². The van der Waals surface area contributed by atoms with Crippen LogP contribution in [0, 0.1) is 11.7 Å². The Bertz CT molecular complexity index is 631. The zero-order valence-corrected chi connectivity index (χ0v) is 16.1. The van der Waals surface area contributed by atoms with E-state index >= 15 is 0 Å². The Labute approximate surface area is 155 Å². The average Bonchev–Trinajstić information content (AvgIpc) is 2.59. The highest BCUT2D eigenvalue weighted by atomic mass is 19.1. The Morgan fingerprint density at radius 2 is 1.88 bits per heavy atom. The number of ether oxygens (including phenoxy) is 1. The summed E-state index contributed by atoms with van der Waals surface area (Å²) in [6, 6.07) is 4.57. The van der Waals surface area contributed by atoms with Crippen molar-refractivity contribution in [2.24, 2.45) is 5.92 Å². The largest absolute Gasteiger partial charge is 0.464 e. The zero-order chi connectivity index (χ0) is 19.2. The number of rotatable bonds is 6. The molecule has 1 aliphatic carbocycles. The van der Waals surface area contributed by atoms with Gasteiger partial charge in [0.15, 0.2) is 0 Å². The van der Waals surface area contributed by atoms with Crippen molar-refractivity contribution in [3.63, 3.8) is 0 Å². The van der Waals surface area contributed by atoms with Crippen LogP contribution in [-0.2, 0) is 14.9 Å². The number of halogens is 1. The fraction of sp³-hybridized carbons (Fsp3) is 0.619. The van der Waals surface area contributed by atoms with Crippen molar-refractivity contribution in [3.8, 4) is 0 Å². The van der Waals surface area contributed by atoms with Gasteiger partial charge in [-0.3, -0.25) is 9.59 Å². The molecule has 0 aromatic heterocycles. The maximum Gasteiger partial charge on any atom is 0.325 e. The number of carbonyl (C=O) groups excluding carboxylic acids is 2. The van der Waals surface area contributed by atoms with Gasteiger partial charge in [-0.15, -0.1) is 0 Å². The molecule has 0 saturated heterocycles. The first kappa shape index (κ1) is 20.4. The van der Waals surface area contributed by atoms with Crippen LogP contribution in [0.25, 0.3) is 0 Å². The van der Waals surface area contributed by atoms with Gasteiger partial charge < -0.3 is 10.1 Å². The number of nitrogens with one attached hydrogen (secondary N) is 1.